The van der Waals surface area contributed by atoms with Crippen molar-refractivity contribution in [1.29, 1.82) is 0 Å². The molecule has 1 N–H and O–H groups in total. The van der Waals surface area contributed by atoms with Crippen LogP contribution in [0.2, 0.25) is 0 Å². The second-order valence-corrected chi connectivity index (χ2v) is 7.47. The van der Waals surface area contributed by atoms with Crippen molar-refractivity contribution in [2.24, 2.45) is 5.41 Å². The number of amides is 1. The first kappa shape index (κ1) is 15.9. The van der Waals surface area contributed by atoms with E-state index in [9.17, 15) is 4.79 Å². The zero-order chi connectivity index (χ0) is 16.6. The van der Waals surface area contributed by atoms with E-state index in [0.717, 1.165) is 37.2 Å². The molecule has 3 rings (SSSR count). The number of benzene rings is 1. The van der Waals surface area contributed by atoms with Gasteiger partial charge in [-0.15, -0.1) is 0 Å². The summed E-state index contributed by atoms with van der Waals surface area (Å²) < 4.78 is 5.35. The Morgan fingerprint density at radius 2 is 1.96 bits per heavy atom. The van der Waals surface area contributed by atoms with Crippen LogP contribution >= 0.6 is 0 Å². The number of aromatic amines is 1. The molecule has 1 aromatic carbocycles. The second-order valence-electron chi connectivity index (χ2n) is 7.47. The number of likely N-dealkylation sites (tertiary alicyclic amines) is 1. The van der Waals surface area contributed by atoms with Gasteiger partial charge in [-0.3, -0.25) is 4.79 Å². The zero-order valence-corrected chi connectivity index (χ0v) is 14.5. The summed E-state index contributed by atoms with van der Waals surface area (Å²) in [5.74, 6) is 1.65. The number of fused-ring (bicyclic) bond motifs is 1. The predicted molar refractivity (Wildman–Crippen MR) is 92.9 cm³/mol. The highest BCUT2D eigenvalue weighted by atomic mass is 16.5. The Bertz CT molecular complexity index is 704. The Morgan fingerprint density at radius 3 is 2.57 bits per heavy atom. The number of aromatic nitrogens is 1. The van der Waals surface area contributed by atoms with Crippen LogP contribution < -0.4 is 4.74 Å². The van der Waals surface area contributed by atoms with Gasteiger partial charge in [-0.1, -0.05) is 20.8 Å². The number of piperidine rings is 1. The second kappa shape index (κ2) is 5.91. The average Bonchev–Trinajstić information content (AvgIpc) is 2.96. The Kier molecular flexibility index (Phi) is 4.09. The molecule has 1 fully saturated rings. The van der Waals surface area contributed by atoms with Crippen LogP contribution in [0.25, 0.3) is 10.9 Å². The van der Waals surface area contributed by atoms with Gasteiger partial charge >= 0.3 is 0 Å². The van der Waals surface area contributed by atoms with E-state index in [4.69, 9.17) is 4.74 Å². The Labute approximate surface area is 137 Å². The van der Waals surface area contributed by atoms with Crippen LogP contribution in [0.15, 0.2) is 24.4 Å². The van der Waals surface area contributed by atoms with Crippen molar-refractivity contribution in [3.8, 4) is 5.75 Å². The number of H-pyrrole nitrogens is 1. The van der Waals surface area contributed by atoms with Crippen molar-refractivity contribution < 1.29 is 9.53 Å². The monoisotopic (exact) mass is 314 g/mol. The maximum Gasteiger partial charge on any atom is 0.227 e. The van der Waals surface area contributed by atoms with Gasteiger partial charge in [0.1, 0.15) is 5.75 Å². The van der Waals surface area contributed by atoms with Crippen LogP contribution in [0.4, 0.5) is 0 Å². The maximum absolute atomic E-state index is 12.4. The fourth-order valence-corrected chi connectivity index (χ4v) is 3.45. The Morgan fingerprint density at radius 1 is 1.26 bits per heavy atom. The van der Waals surface area contributed by atoms with Gasteiger partial charge in [0.15, 0.2) is 0 Å². The number of ether oxygens (including phenoxy) is 1. The average molecular weight is 314 g/mol. The lowest BCUT2D eigenvalue weighted by atomic mass is 9.87. The van der Waals surface area contributed by atoms with Gasteiger partial charge in [0.2, 0.25) is 5.91 Å². The summed E-state index contributed by atoms with van der Waals surface area (Å²) in [5, 5.41) is 1.24. The van der Waals surface area contributed by atoms with Gasteiger partial charge in [0.05, 0.1) is 7.11 Å². The van der Waals surface area contributed by atoms with Crippen LogP contribution in [-0.2, 0) is 4.79 Å². The molecular formula is C19H26N2O2. The topological polar surface area (TPSA) is 45.3 Å². The molecule has 2 aromatic rings. The molecule has 23 heavy (non-hydrogen) atoms. The van der Waals surface area contributed by atoms with Gasteiger partial charge in [-0.25, -0.2) is 0 Å². The quantitative estimate of drug-likeness (QED) is 0.913. The molecule has 1 aliphatic rings. The molecule has 2 heterocycles. The molecule has 0 unspecified atom stereocenters. The molecule has 1 amide bonds. The highest BCUT2D eigenvalue weighted by Crippen LogP contribution is 2.35. The normalized spacial score (nSPS) is 16.8. The molecule has 4 nitrogen and oxygen atoms in total. The van der Waals surface area contributed by atoms with Crippen molar-refractivity contribution in [3.63, 3.8) is 0 Å². The summed E-state index contributed by atoms with van der Waals surface area (Å²) in [7, 11) is 1.70. The minimum Gasteiger partial charge on any atom is -0.497 e. The van der Waals surface area contributed by atoms with E-state index in [0.29, 0.717) is 5.92 Å². The summed E-state index contributed by atoms with van der Waals surface area (Å²) in [6.07, 6.45) is 4.16. The number of nitrogens with zero attached hydrogens (tertiary/aromatic N) is 1. The first-order chi connectivity index (χ1) is 10.9. The van der Waals surface area contributed by atoms with E-state index < -0.39 is 0 Å². The summed E-state index contributed by atoms with van der Waals surface area (Å²) in [5.41, 5.74) is 2.21. The third-order valence-electron chi connectivity index (χ3n) is 4.78. The van der Waals surface area contributed by atoms with Gasteiger partial charge in [-0.2, -0.15) is 0 Å². The molecule has 1 saturated heterocycles. The highest BCUT2D eigenvalue weighted by molar-refractivity contribution is 5.85. The van der Waals surface area contributed by atoms with Gasteiger partial charge < -0.3 is 14.6 Å². The van der Waals surface area contributed by atoms with Crippen LogP contribution in [0.1, 0.15) is 45.1 Å². The van der Waals surface area contributed by atoms with Gasteiger partial charge in [0, 0.05) is 35.6 Å². The number of carbonyl (C=O) groups excluding carboxylic acids is 1. The van der Waals surface area contributed by atoms with E-state index in [2.05, 4.69) is 23.3 Å². The van der Waals surface area contributed by atoms with Crippen molar-refractivity contribution in [2.75, 3.05) is 20.2 Å². The predicted octanol–water partition coefficient (Wildman–Crippen LogP) is 3.93. The van der Waals surface area contributed by atoms with Crippen LogP contribution in [0.3, 0.4) is 0 Å². The van der Waals surface area contributed by atoms with Crippen LogP contribution in [0, 0.1) is 5.41 Å². The zero-order valence-electron chi connectivity index (χ0n) is 14.5. The molecule has 124 valence electrons. The van der Waals surface area contributed by atoms with E-state index in [1.165, 1.54) is 10.9 Å². The SMILES string of the molecule is COc1ccc2[nH]cc(C3CCN(C(=O)C(C)(C)C)CC3)c2c1. The summed E-state index contributed by atoms with van der Waals surface area (Å²) in [4.78, 5) is 17.8. The molecule has 0 spiro atoms. The van der Waals surface area contributed by atoms with Crippen LogP contribution in [0.5, 0.6) is 5.75 Å². The number of nitrogens with one attached hydrogen (secondary N) is 1. The molecule has 4 heteroatoms. The molecule has 0 aliphatic carbocycles. The summed E-state index contributed by atoms with van der Waals surface area (Å²) in [6.45, 7) is 7.67. The summed E-state index contributed by atoms with van der Waals surface area (Å²) in [6, 6.07) is 6.15. The van der Waals surface area contributed by atoms with Crippen LogP contribution in [-0.4, -0.2) is 36.0 Å². The van der Waals surface area contributed by atoms with E-state index in [-0.39, 0.29) is 11.3 Å². The fraction of sp³-hybridized carbons (Fsp3) is 0.526. The van der Waals surface area contributed by atoms with E-state index in [1.54, 1.807) is 7.11 Å². The number of carbonyl (C=O) groups is 1. The highest BCUT2D eigenvalue weighted by Gasteiger charge is 2.31. The lowest BCUT2D eigenvalue weighted by molar-refractivity contribution is -0.140. The Balaban J connectivity index is 1.77. The molecule has 0 saturated carbocycles. The standard InChI is InChI=1S/C19H26N2O2/c1-19(2,3)18(22)21-9-7-13(8-10-21)16-12-20-17-6-5-14(23-4)11-15(16)17/h5-6,11-13,20H,7-10H2,1-4H3. The lowest BCUT2D eigenvalue weighted by Gasteiger charge is -2.35. The minimum absolute atomic E-state index is 0.261. The number of rotatable bonds is 2. The Hall–Kier alpha value is -1.97. The van der Waals surface area contributed by atoms with Crippen molar-refractivity contribution in [1.82, 2.24) is 9.88 Å². The number of hydrogen-bond donors (Lipinski definition) is 1. The van der Waals surface area contributed by atoms with E-state index >= 15 is 0 Å². The largest absolute Gasteiger partial charge is 0.497 e. The third kappa shape index (κ3) is 3.07. The smallest absolute Gasteiger partial charge is 0.227 e. The molecule has 0 atom stereocenters. The van der Waals surface area contributed by atoms with Crippen molar-refractivity contribution in [3.05, 3.63) is 30.0 Å². The first-order valence-electron chi connectivity index (χ1n) is 8.34. The fourth-order valence-electron chi connectivity index (χ4n) is 3.45. The van der Waals surface area contributed by atoms with Crippen molar-refractivity contribution in [2.45, 2.75) is 39.5 Å². The molecule has 0 radical (unpaired) electrons. The van der Waals surface area contributed by atoms with Gasteiger partial charge in [0.25, 0.3) is 0 Å². The maximum atomic E-state index is 12.4. The number of methoxy groups -OCH3 is 1. The van der Waals surface area contributed by atoms with E-state index in [1.807, 2.05) is 31.7 Å². The van der Waals surface area contributed by atoms with Crippen molar-refractivity contribution >= 4 is 16.8 Å². The summed E-state index contributed by atoms with van der Waals surface area (Å²) >= 11 is 0. The van der Waals surface area contributed by atoms with Gasteiger partial charge in [-0.05, 0) is 42.5 Å². The third-order valence-corrected chi connectivity index (χ3v) is 4.78. The lowest BCUT2D eigenvalue weighted by Crippen LogP contribution is -2.43. The molecular weight excluding hydrogens is 288 g/mol. The number of hydrogen-bond acceptors (Lipinski definition) is 2. The molecule has 0 bridgehead atoms. The molecule has 1 aromatic heterocycles. The minimum atomic E-state index is -0.291. The molecule has 1 aliphatic heterocycles. The first-order valence-corrected chi connectivity index (χ1v) is 8.34.